The number of carbonyl (C=O) groups excluding carboxylic acids is 2. The normalized spacial score (nSPS) is 18.3. The van der Waals surface area contributed by atoms with Crippen molar-refractivity contribution in [2.75, 3.05) is 18.4 Å². The zero-order valence-electron chi connectivity index (χ0n) is 20.3. The molecule has 3 aromatic rings. The molecule has 0 radical (unpaired) electrons. The van der Waals surface area contributed by atoms with Crippen LogP contribution in [0.1, 0.15) is 35.5 Å². The number of carbonyl (C=O) groups is 2. The number of ether oxygens (including phenoxy) is 1. The Bertz CT molecular complexity index is 1150. The molecule has 0 unspecified atom stereocenters. The monoisotopic (exact) mass is 493 g/mol. The third kappa shape index (κ3) is 6.86. The van der Waals surface area contributed by atoms with Crippen LogP contribution in [0, 0.1) is 6.92 Å². The Morgan fingerprint density at radius 2 is 1.94 bits per heavy atom. The summed E-state index contributed by atoms with van der Waals surface area (Å²) in [7, 11) is 0. The minimum Gasteiger partial charge on any atom is -0.445 e. The maximum atomic E-state index is 13.2. The smallest absolute Gasteiger partial charge is 0.410 e. The van der Waals surface area contributed by atoms with E-state index in [0.29, 0.717) is 31.2 Å². The van der Waals surface area contributed by atoms with E-state index in [4.69, 9.17) is 4.74 Å². The highest BCUT2D eigenvalue weighted by atomic mass is 32.1. The van der Waals surface area contributed by atoms with Crippen LogP contribution < -0.4 is 5.32 Å². The van der Waals surface area contributed by atoms with Crippen LogP contribution in [0.4, 0.5) is 9.93 Å². The van der Waals surface area contributed by atoms with Gasteiger partial charge in [-0.05, 0) is 43.5 Å². The molecule has 1 aliphatic rings. The van der Waals surface area contributed by atoms with Crippen LogP contribution in [0.3, 0.4) is 0 Å². The van der Waals surface area contributed by atoms with Crippen LogP contribution in [-0.2, 0) is 29.1 Å². The molecular weight excluding hydrogens is 462 g/mol. The van der Waals surface area contributed by atoms with Crippen molar-refractivity contribution in [2.45, 2.75) is 52.4 Å². The molecule has 1 N–H and O–H groups in total. The number of benzene rings is 1. The van der Waals surface area contributed by atoms with Crippen LogP contribution in [0.25, 0.3) is 0 Å². The van der Waals surface area contributed by atoms with Crippen molar-refractivity contribution in [3.8, 4) is 0 Å². The highest BCUT2D eigenvalue weighted by Gasteiger charge is 2.35. The molecule has 1 fully saturated rings. The molecule has 184 valence electrons. The molecule has 1 saturated heterocycles. The molecule has 1 aromatic carbocycles. The Balaban J connectivity index is 1.48. The van der Waals surface area contributed by atoms with Crippen LogP contribution in [0.5, 0.6) is 0 Å². The van der Waals surface area contributed by atoms with Gasteiger partial charge in [-0.1, -0.05) is 30.3 Å². The number of piperazine rings is 1. The summed E-state index contributed by atoms with van der Waals surface area (Å²) in [6, 6.07) is 13.9. The standard InChI is InChI=1S/C26H31N5O3S/c1-18-11-22(9-10-27-18)12-23-15-30(16-24-13-28-25(35-24)29-20(3)32)19(2)14-31(23)26(33)34-17-21-7-5-4-6-8-21/h4-11,13,19,23H,12,14-17H2,1-3H3,(H,28,29,32)/t19-,23+/m0/s1. The number of thiazole rings is 1. The molecule has 1 aliphatic heterocycles. The van der Waals surface area contributed by atoms with Crippen LogP contribution in [0.15, 0.2) is 54.9 Å². The van der Waals surface area contributed by atoms with Gasteiger partial charge in [-0.15, -0.1) is 11.3 Å². The average molecular weight is 494 g/mol. The van der Waals surface area contributed by atoms with Crippen LogP contribution >= 0.6 is 11.3 Å². The predicted octanol–water partition coefficient (Wildman–Crippen LogP) is 4.26. The molecular formula is C26H31N5O3S. The first-order chi connectivity index (χ1) is 16.9. The number of aryl methyl sites for hydroxylation is 1. The molecule has 8 nitrogen and oxygen atoms in total. The molecule has 4 rings (SSSR count). The third-order valence-corrected chi connectivity index (χ3v) is 6.94. The maximum Gasteiger partial charge on any atom is 0.410 e. The molecule has 2 aromatic heterocycles. The Hall–Kier alpha value is -3.30. The fourth-order valence-corrected chi connectivity index (χ4v) is 5.20. The lowest BCUT2D eigenvalue weighted by Gasteiger charge is -2.44. The van der Waals surface area contributed by atoms with E-state index in [0.717, 1.165) is 21.7 Å². The Kier molecular flexibility index (Phi) is 8.09. The number of aromatic nitrogens is 2. The highest BCUT2D eigenvalue weighted by Crippen LogP contribution is 2.25. The molecule has 9 heteroatoms. The number of pyridine rings is 1. The number of amides is 2. The minimum absolute atomic E-state index is 0.0426. The van der Waals surface area contributed by atoms with Gasteiger partial charge in [0.1, 0.15) is 6.61 Å². The number of hydrogen-bond acceptors (Lipinski definition) is 7. The van der Waals surface area contributed by atoms with E-state index in [1.165, 1.54) is 18.3 Å². The number of hydrogen-bond donors (Lipinski definition) is 1. The van der Waals surface area contributed by atoms with Crippen LogP contribution in [0.2, 0.25) is 0 Å². The van der Waals surface area contributed by atoms with Crippen molar-refractivity contribution in [2.24, 2.45) is 0 Å². The van der Waals surface area contributed by atoms with Crippen molar-refractivity contribution >= 4 is 28.5 Å². The first-order valence-corrected chi connectivity index (χ1v) is 12.5. The van der Waals surface area contributed by atoms with Crippen molar-refractivity contribution in [1.82, 2.24) is 19.8 Å². The predicted molar refractivity (Wildman–Crippen MR) is 136 cm³/mol. The van der Waals surface area contributed by atoms with E-state index in [2.05, 4.69) is 33.2 Å². The zero-order chi connectivity index (χ0) is 24.8. The molecule has 0 aliphatic carbocycles. The minimum atomic E-state index is -0.290. The molecule has 3 heterocycles. The topological polar surface area (TPSA) is 87.7 Å². The van der Waals surface area contributed by atoms with E-state index in [1.54, 1.807) is 0 Å². The van der Waals surface area contributed by atoms with Gasteiger partial charge in [0.25, 0.3) is 0 Å². The van der Waals surface area contributed by atoms with Gasteiger partial charge in [0.2, 0.25) is 5.91 Å². The highest BCUT2D eigenvalue weighted by molar-refractivity contribution is 7.15. The van der Waals surface area contributed by atoms with E-state index < -0.39 is 0 Å². The molecule has 2 atom stereocenters. The summed E-state index contributed by atoms with van der Waals surface area (Å²) in [6.07, 6.45) is 4.05. The Morgan fingerprint density at radius 3 is 2.69 bits per heavy atom. The summed E-state index contributed by atoms with van der Waals surface area (Å²) in [5.74, 6) is -0.130. The van der Waals surface area contributed by atoms with Gasteiger partial charge in [0, 0.05) is 55.6 Å². The largest absolute Gasteiger partial charge is 0.445 e. The number of nitrogens with one attached hydrogen (secondary N) is 1. The van der Waals surface area contributed by atoms with Gasteiger partial charge in [-0.2, -0.15) is 0 Å². The van der Waals surface area contributed by atoms with Gasteiger partial charge in [0.15, 0.2) is 5.13 Å². The Morgan fingerprint density at radius 1 is 1.14 bits per heavy atom. The van der Waals surface area contributed by atoms with Gasteiger partial charge in [-0.25, -0.2) is 9.78 Å². The Labute approximate surface area is 210 Å². The fraction of sp³-hybridized carbons (Fsp3) is 0.385. The molecule has 2 amide bonds. The van der Waals surface area contributed by atoms with E-state index in [9.17, 15) is 9.59 Å². The molecule has 0 bridgehead atoms. The fourth-order valence-electron chi connectivity index (χ4n) is 4.31. The van der Waals surface area contributed by atoms with E-state index >= 15 is 0 Å². The first kappa shape index (κ1) is 24.8. The molecule has 0 spiro atoms. The third-order valence-electron chi connectivity index (χ3n) is 6.04. The summed E-state index contributed by atoms with van der Waals surface area (Å²) in [6.45, 7) is 7.81. The number of nitrogens with zero attached hydrogens (tertiary/aromatic N) is 4. The zero-order valence-corrected chi connectivity index (χ0v) is 21.1. The average Bonchev–Trinajstić information content (AvgIpc) is 3.26. The van der Waals surface area contributed by atoms with Gasteiger partial charge in [0.05, 0.1) is 6.04 Å². The SMILES string of the molecule is CC(=O)Nc1ncc(CN2C[C@@H](Cc3ccnc(C)c3)N(C(=O)OCc3ccccc3)C[C@@H]2C)s1. The lowest BCUT2D eigenvalue weighted by atomic mass is 10.00. The lowest BCUT2D eigenvalue weighted by molar-refractivity contribution is -0.114. The van der Waals surface area contributed by atoms with Crippen molar-refractivity contribution in [3.63, 3.8) is 0 Å². The second-order valence-electron chi connectivity index (χ2n) is 8.95. The summed E-state index contributed by atoms with van der Waals surface area (Å²) >= 11 is 1.48. The first-order valence-electron chi connectivity index (χ1n) is 11.7. The number of rotatable bonds is 7. The molecule has 0 saturated carbocycles. The van der Waals surface area contributed by atoms with E-state index in [1.807, 2.05) is 60.6 Å². The van der Waals surface area contributed by atoms with Crippen molar-refractivity contribution in [1.29, 1.82) is 0 Å². The maximum absolute atomic E-state index is 13.2. The quantitative estimate of drug-likeness (QED) is 0.529. The number of anilines is 1. The van der Waals surface area contributed by atoms with Crippen molar-refractivity contribution in [3.05, 3.63) is 76.6 Å². The summed E-state index contributed by atoms with van der Waals surface area (Å²) < 4.78 is 5.71. The second-order valence-corrected chi connectivity index (χ2v) is 10.1. The van der Waals surface area contributed by atoms with Gasteiger partial charge < -0.3 is 15.0 Å². The molecule has 35 heavy (non-hydrogen) atoms. The van der Waals surface area contributed by atoms with E-state index in [-0.39, 0.29) is 30.7 Å². The lowest BCUT2D eigenvalue weighted by Crippen LogP contribution is -2.59. The van der Waals surface area contributed by atoms with Gasteiger partial charge in [-0.3, -0.25) is 14.7 Å². The summed E-state index contributed by atoms with van der Waals surface area (Å²) in [5.41, 5.74) is 3.06. The van der Waals surface area contributed by atoms with Crippen LogP contribution in [-0.4, -0.2) is 56.9 Å². The summed E-state index contributed by atoms with van der Waals surface area (Å²) in [4.78, 5) is 38.4. The summed E-state index contributed by atoms with van der Waals surface area (Å²) in [5, 5.41) is 3.35. The van der Waals surface area contributed by atoms with Gasteiger partial charge >= 0.3 is 6.09 Å². The second kappa shape index (κ2) is 11.4. The van der Waals surface area contributed by atoms with Crippen molar-refractivity contribution < 1.29 is 14.3 Å².